The summed E-state index contributed by atoms with van der Waals surface area (Å²) < 4.78 is 7.45. The first-order valence-corrected chi connectivity index (χ1v) is 5.97. The predicted molar refractivity (Wildman–Crippen MR) is 64.7 cm³/mol. The average molecular weight is 255 g/mol. The monoisotopic (exact) mass is 255 g/mol. The summed E-state index contributed by atoms with van der Waals surface area (Å²) in [5, 5.41) is 9.01. The van der Waals surface area contributed by atoms with Crippen LogP contribution >= 0.6 is 0 Å². The van der Waals surface area contributed by atoms with Gasteiger partial charge in [-0.05, 0) is 19.3 Å². The van der Waals surface area contributed by atoms with Crippen LogP contribution in [-0.2, 0) is 11.2 Å². The lowest BCUT2D eigenvalue weighted by Crippen LogP contribution is -2.46. The van der Waals surface area contributed by atoms with E-state index in [-0.39, 0.29) is 12.7 Å². The zero-order valence-electron chi connectivity index (χ0n) is 10.2. The van der Waals surface area contributed by atoms with Crippen molar-refractivity contribution in [2.45, 2.75) is 38.5 Å². The fourth-order valence-corrected chi connectivity index (χ4v) is 2.12. The lowest BCUT2D eigenvalue weighted by Gasteiger charge is -2.16. The fraction of sp³-hybridized carbons (Fsp3) is 0.636. The van der Waals surface area contributed by atoms with Crippen molar-refractivity contribution >= 4 is 0 Å². The van der Waals surface area contributed by atoms with Crippen molar-refractivity contribution in [1.82, 2.24) is 9.24 Å². The Morgan fingerprint density at radius 3 is 2.78 bits per heavy atom. The topological polar surface area (TPSA) is 99.5 Å². The van der Waals surface area contributed by atoms with E-state index in [9.17, 15) is 9.59 Å². The predicted octanol–water partition coefficient (Wildman–Crippen LogP) is -1.04. The number of nitrogen functional groups attached to an aromatic ring is 1. The van der Waals surface area contributed by atoms with Crippen LogP contribution in [-0.4, -0.2) is 27.1 Å². The van der Waals surface area contributed by atoms with Gasteiger partial charge < -0.3 is 15.7 Å². The molecule has 1 aromatic heterocycles. The number of aryl methyl sites for hydroxylation is 1. The number of rotatable bonds is 3. The molecule has 3 N–H and O–H groups in total. The standard InChI is InChI=1S/C11H17N3O4/c1-2-7-5-13(11(17)14(12)10(7)16)9-4-3-8(6-15)18-9/h5,8-9,15H,2-4,6,12H2,1H3/t8-,9+/m0/s1. The molecule has 2 atom stereocenters. The molecule has 7 nitrogen and oxygen atoms in total. The fourth-order valence-electron chi connectivity index (χ4n) is 2.12. The highest BCUT2D eigenvalue weighted by Crippen LogP contribution is 2.26. The van der Waals surface area contributed by atoms with Gasteiger partial charge in [-0.2, -0.15) is 4.68 Å². The van der Waals surface area contributed by atoms with E-state index in [1.807, 2.05) is 6.92 Å². The quantitative estimate of drug-likeness (QED) is 0.672. The molecule has 0 bridgehead atoms. The van der Waals surface area contributed by atoms with Gasteiger partial charge in [-0.25, -0.2) is 4.79 Å². The molecule has 18 heavy (non-hydrogen) atoms. The number of nitrogens with zero attached hydrogens (tertiary/aromatic N) is 2. The highest BCUT2D eigenvalue weighted by atomic mass is 16.5. The maximum Gasteiger partial charge on any atom is 0.351 e. The van der Waals surface area contributed by atoms with Gasteiger partial charge in [0.25, 0.3) is 5.56 Å². The molecule has 1 fully saturated rings. The third-order valence-electron chi connectivity index (χ3n) is 3.20. The molecule has 0 radical (unpaired) electrons. The highest BCUT2D eigenvalue weighted by molar-refractivity contribution is 5.06. The van der Waals surface area contributed by atoms with Crippen molar-refractivity contribution in [3.05, 3.63) is 32.6 Å². The lowest BCUT2D eigenvalue weighted by atomic mass is 10.2. The van der Waals surface area contributed by atoms with E-state index in [0.717, 1.165) is 0 Å². The molecule has 1 aliphatic heterocycles. The maximum atomic E-state index is 11.9. The number of hydrogen-bond donors (Lipinski definition) is 2. The minimum atomic E-state index is -0.596. The second-order valence-corrected chi connectivity index (χ2v) is 4.35. The minimum Gasteiger partial charge on any atom is -0.394 e. The van der Waals surface area contributed by atoms with E-state index in [1.54, 1.807) is 0 Å². The Kier molecular flexibility index (Phi) is 3.53. The first-order chi connectivity index (χ1) is 8.58. The molecular formula is C11H17N3O4. The number of aliphatic hydroxyl groups excluding tert-OH is 1. The van der Waals surface area contributed by atoms with Gasteiger partial charge in [0.1, 0.15) is 6.23 Å². The van der Waals surface area contributed by atoms with Crippen LogP contribution < -0.4 is 17.1 Å². The average Bonchev–Trinajstić information content (AvgIpc) is 2.85. The van der Waals surface area contributed by atoms with Crippen molar-refractivity contribution in [2.24, 2.45) is 0 Å². The molecule has 0 amide bonds. The van der Waals surface area contributed by atoms with Crippen LogP contribution in [0.1, 0.15) is 31.6 Å². The Morgan fingerprint density at radius 1 is 1.50 bits per heavy atom. The molecule has 1 saturated heterocycles. The minimum absolute atomic E-state index is 0.0752. The van der Waals surface area contributed by atoms with Gasteiger partial charge in [0.2, 0.25) is 0 Å². The lowest BCUT2D eigenvalue weighted by molar-refractivity contribution is -0.0251. The molecule has 7 heteroatoms. The van der Waals surface area contributed by atoms with E-state index in [1.165, 1.54) is 10.8 Å². The Balaban J connectivity index is 2.43. The Bertz CT molecular complexity index is 548. The molecule has 0 spiro atoms. The number of ether oxygens (including phenoxy) is 1. The normalized spacial score (nSPS) is 23.4. The smallest absolute Gasteiger partial charge is 0.351 e. The molecule has 100 valence electrons. The summed E-state index contributed by atoms with van der Waals surface area (Å²) in [6.45, 7) is 1.74. The van der Waals surface area contributed by atoms with Gasteiger partial charge in [0.15, 0.2) is 0 Å². The van der Waals surface area contributed by atoms with Crippen LogP contribution in [0.4, 0.5) is 0 Å². The molecule has 1 aliphatic rings. The van der Waals surface area contributed by atoms with Crippen LogP contribution in [0, 0.1) is 0 Å². The Labute approximate surface area is 103 Å². The van der Waals surface area contributed by atoms with Gasteiger partial charge in [-0.15, -0.1) is 0 Å². The largest absolute Gasteiger partial charge is 0.394 e. The van der Waals surface area contributed by atoms with Crippen molar-refractivity contribution < 1.29 is 9.84 Å². The Hall–Kier alpha value is -1.60. The zero-order valence-corrected chi connectivity index (χ0v) is 10.2. The zero-order chi connectivity index (χ0) is 13.3. The second-order valence-electron chi connectivity index (χ2n) is 4.35. The van der Waals surface area contributed by atoms with E-state index in [0.29, 0.717) is 29.5 Å². The molecule has 0 saturated carbocycles. The molecule has 2 rings (SSSR count). The van der Waals surface area contributed by atoms with Gasteiger partial charge in [-0.1, -0.05) is 6.92 Å². The third kappa shape index (κ3) is 2.06. The molecule has 1 aromatic rings. The van der Waals surface area contributed by atoms with Crippen LogP contribution in [0.5, 0.6) is 0 Å². The number of aromatic nitrogens is 2. The summed E-state index contributed by atoms with van der Waals surface area (Å²) in [5.41, 5.74) is -0.607. The van der Waals surface area contributed by atoms with Crippen molar-refractivity contribution in [2.75, 3.05) is 12.4 Å². The second kappa shape index (κ2) is 4.95. The summed E-state index contributed by atoms with van der Waals surface area (Å²) >= 11 is 0. The van der Waals surface area contributed by atoms with Crippen LogP contribution in [0.25, 0.3) is 0 Å². The van der Waals surface area contributed by atoms with Gasteiger partial charge in [0, 0.05) is 11.8 Å². The first kappa shape index (κ1) is 12.8. The highest BCUT2D eigenvalue weighted by Gasteiger charge is 2.27. The first-order valence-electron chi connectivity index (χ1n) is 5.97. The van der Waals surface area contributed by atoms with Gasteiger partial charge in [-0.3, -0.25) is 9.36 Å². The summed E-state index contributed by atoms with van der Waals surface area (Å²) in [4.78, 5) is 23.6. The van der Waals surface area contributed by atoms with Gasteiger partial charge >= 0.3 is 5.69 Å². The molecular weight excluding hydrogens is 238 g/mol. The van der Waals surface area contributed by atoms with E-state index >= 15 is 0 Å². The number of nitrogens with two attached hydrogens (primary N) is 1. The SMILES string of the molecule is CCc1cn([C@H]2CC[C@@H](CO)O2)c(=O)n(N)c1=O. The van der Waals surface area contributed by atoms with Crippen molar-refractivity contribution in [3.63, 3.8) is 0 Å². The molecule has 0 aromatic carbocycles. The third-order valence-corrected chi connectivity index (χ3v) is 3.20. The van der Waals surface area contributed by atoms with Crippen LogP contribution in [0.2, 0.25) is 0 Å². The summed E-state index contributed by atoms with van der Waals surface area (Å²) in [6, 6.07) is 0. The number of hydrogen-bond acceptors (Lipinski definition) is 5. The van der Waals surface area contributed by atoms with Crippen LogP contribution in [0.15, 0.2) is 15.8 Å². The molecule has 0 unspecified atom stereocenters. The summed E-state index contributed by atoms with van der Waals surface area (Å²) in [7, 11) is 0. The number of aliphatic hydroxyl groups is 1. The molecule has 0 aliphatic carbocycles. The van der Waals surface area contributed by atoms with Gasteiger partial charge in [0.05, 0.1) is 12.7 Å². The van der Waals surface area contributed by atoms with E-state index in [2.05, 4.69) is 0 Å². The Morgan fingerprint density at radius 2 is 2.22 bits per heavy atom. The maximum absolute atomic E-state index is 11.9. The summed E-state index contributed by atoms with van der Waals surface area (Å²) in [6.07, 6.45) is 2.57. The van der Waals surface area contributed by atoms with E-state index < -0.39 is 17.5 Å². The van der Waals surface area contributed by atoms with Crippen molar-refractivity contribution in [1.29, 1.82) is 0 Å². The van der Waals surface area contributed by atoms with Crippen LogP contribution in [0.3, 0.4) is 0 Å². The summed E-state index contributed by atoms with van der Waals surface area (Å²) in [5.74, 6) is 5.46. The van der Waals surface area contributed by atoms with Crippen molar-refractivity contribution in [3.8, 4) is 0 Å². The van der Waals surface area contributed by atoms with E-state index in [4.69, 9.17) is 15.7 Å². The molecule has 2 heterocycles.